The molecule has 0 aromatic heterocycles. The molecule has 0 unspecified atom stereocenters. The SMILES string of the molecule is C#CCNc1cccc(F)c1[N+](=O)[O-]. The third-order valence-corrected chi connectivity index (χ3v) is 1.55. The second kappa shape index (κ2) is 4.23. The lowest BCUT2D eigenvalue weighted by molar-refractivity contribution is -0.386. The summed E-state index contributed by atoms with van der Waals surface area (Å²) in [7, 11) is 0. The van der Waals surface area contributed by atoms with E-state index in [1.54, 1.807) is 0 Å². The molecule has 1 aromatic carbocycles. The minimum atomic E-state index is -0.878. The number of hydrogen-bond acceptors (Lipinski definition) is 3. The van der Waals surface area contributed by atoms with Gasteiger partial charge in [-0.15, -0.1) is 6.42 Å². The highest BCUT2D eigenvalue weighted by molar-refractivity contribution is 5.62. The van der Waals surface area contributed by atoms with E-state index in [0.29, 0.717) is 0 Å². The second-order valence-corrected chi connectivity index (χ2v) is 2.45. The first kappa shape index (κ1) is 9.99. The number of halogens is 1. The molecule has 0 spiro atoms. The first-order chi connectivity index (χ1) is 6.66. The van der Waals surface area contributed by atoms with Crippen molar-refractivity contribution in [2.45, 2.75) is 0 Å². The molecule has 0 fully saturated rings. The third kappa shape index (κ3) is 1.98. The van der Waals surface area contributed by atoms with Crippen LogP contribution in [0.1, 0.15) is 0 Å². The number of anilines is 1. The van der Waals surface area contributed by atoms with E-state index < -0.39 is 16.4 Å². The highest BCUT2D eigenvalue weighted by atomic mass is 19.1. The van der Waals surface area contributed by atoms with Gasteiger partial charge in [-0.2, -0.15) is 4.39 Å². The van der Waals surface area contributed by atoms with Gasteiger partial charge in [-0.05, 0) is 12.1 Å². The zero-order valence-electron chi connectivity index (χ0n) is 7.16. The second-order valence-electron chi connectivity index (χ2n) is 2.45. The maximum Gasteiger partial charge on any atom is 0.327 e. The first-order valence-corrected chi connectivity index (χ1v) is 3.77. The Hall–Kier alpha value is -2.09. The zero-order chi connectivity index (χ0) is 10.6. The molecule has 14 heavy (non-hydrogen) atoms. The van der Waals surface area contributed by atoms with E-state index in [2.05, 4.69) is 11.2 Å². The summed E-state index contributed by atoms with van der Waals surface area (Å²) in [5.74, 6) is 1.37. The fraction of sp³-hybridized carbons (Fsp3) is 0.111. The molecule has 0 heterocycles. The molecule has 1 aromatic rings. The van der Waals surface area contributed by atoms with Crippen molar-refractivity contribution >= 4 is 11.4 Å². The molecule has 0 saturated heterocycles. The van der Waals surface area contributed by atoms with E-state index in [1.807, 2.05) is 0 Å². The van der Waals surface area contributed by atoms with Crippen LogP contribution < -0.4 is 5.32 Å². The molecule has 0 amide bonds. The summed E-state index contributed by atoms with van der Waals surface area (Å²) in [6.07, 6.45) is 4.96. The van der Waals surface area contributed by atoms with E-state index >= 15 is 0 Å². The molecule has 0 aliphatic heterocycles. The van der Waals surface area contributed by atoms with Crippen molar-refractivity contribution in [1.82, 2.24) is 0 Å². The van der Waals surface area contributed by atoms with E-state index in [1.165, 1.54) is 12.1 Å². The summed E-state index contributed by atoms with van der Waals surface area (Å²) in [5, 5.41) is 13.0. The Morgan fingerprint density at radius 1 is 1.64 bits per heavy atom. The average Bonchev–Trinajstić information content (AvgIpc) is 2.14. The standard InChI is InChI=1S/C9H7FN2O2/c1-2-6-11-8-5-3-4-7(10)9(8)12(13)14/h1,3-5,11H,6H2. The van der Waals surface area contributed by atoms with Gasteiger partial charge >= 0.3 is 5.69 Å². The van der Waals surface area contributed by atoms with Crippen molar-refractivity contribution < 1.29 is 9.31 Å². The molecule has 0 saturated carbocycles. The normalized spacial score (nSPS) is 9.14. The van der Waals surface area contributed by atoms with Gasteiger partial charge in [0.05, 0.1) is 11.5 Å². The fourth-order valence-corrected chi connectivity index (χ4v) is 0.990. The van der Waals surface area contributed by atoms with Crippen LogP contribution in [0.5, 0.6) is 0 Å². The van der Waals surface area contributed by atoms with Crippen molar-refractivity contribution in [2.75, 3.05) is 11.9 Å². The molecule has 0 aliphatic carbocycles. The van der Waals surface area contributed by atoms with Crippen LogP contribution in [0.25, 0.3) is 0 Å². The minimum absolute atomic E-state index is 0.0907. The van der Waals surface area contributed by atoms with Gasteiger partial charge in [0.1, 0.15) is 5.69 Å². The van der Waals surface area contributed by atoms with Gasteiger partial charge in [0, 0.05) is 0 Å². The molecule has 4 nitrogen and oxygen atoms in total. The molecular formula is C9H7FN2O2. The third-order valence-electron chi connectivity index (χ3n) is 1.55. The number of nitrogens with one attached hydrogen (secondary N) is 1. The minimum Gasteiger partial charge on any atom is -0.368 e. The van der Waals surface area contributed by atoms with Gasteiger partial charge in [0.2, 0.25) is 5.82 Å². The Morgan fingerprint density at radius 2 is 2.36 bits per heavy atom. The predicted octanol–water partition coefficient (Wildman–Crippen LogP) is 1.78. The highest BCUT2D eigenvalue weighted by Crippen LogP contribution is 2.26. The number of nitro groups is 1. The lowest BCUT2D eigenvalue weighted by Gasteiger charge is -2.03. The smallest absolute Gasteiger partial charge is 0.327 e. The number of rotatable bonds is 3. The van der Waals surface area contributed by atoms with Crippen LogP contribution in [0.4, 0.5) is 15.8 Å². The summed E-state index contributed by atoms with van der Waals surface area (Å²) in [6.45, 7) is 0.115. The predicted molar refractivity (Wildman–Crippen MR) is 50.4 cm³/mol. The Morgan fingerprint density at radius 3 is 2.93 bits per heavy atom. The van der Waals surface area contributed by atoms with E-state index in [0.717, 1.165) is 6.07 Å². The number of nitrogens with zero attached hydrogens (tertiary/aromatic N) is 1. The molecule has 1 rings (SSSR count). The summed E-state index contributed by atoms with van der Waals surface area (Å²) >= 11 is 0. The van der Waals surface area contributed by atoms with Crippen molar-refractivity contribution in [1.29, 1.82) is 0 Å². The quantitative estimate of drug-likeness (QED) is 0.453. The molecule has 0 atom stereocenters. The van der Waals surface area contributed by atoms with Gasteiger partial charge in [0.25, 0.3) is 0 Å². The van der Waals surface area contributed by atoms with Crippen molar-refractivity contribution in [3.05, 3.63) is 34.1 Å². The summed E-state index contributed by atoms with van der Waals surface area (Å²) in [6, 6.07) is 3.80. The van der Waals surface area contributed by atoms with Crippen LogP contribution >= 0.6 is 0 Å². The molecule has 0 bridgehead atoms. The van der Waals surface area contributed by atoms with E-state index in [-0.39, 0.29) is 12.2 Å². The van der Waals surface area contributed by atoms with Gasteiger partial charge < -0.3 is 5.32 Å². The zero-order valence-corrected chi connectivity index (χ0v) is 7.16. The molecule has 1 N–H and O–H groups in total. The number of benzene rings is 1. The molecule has 0 aliphatic rings. The lowest BCUT2D eigenvalue weighted by Crippen LogP contribution is -2.03. The summed E-state index contributed by atoms with van der Waals surface area (Å²) < 4.78 is 13.0. The lowest BCUT2D eigenvalue weighted by atomic mass is 10.2. The largest absolute Gasteiger partial charge is 0.368 e. The highest BCUT2D eigenvalue weighted by Gasteiger charge is 2.18. The number of hydrogen-bond donors (Lipinski definition) is 1. The monoisotopic (exact) mass is 194 g/mol. The Balaban J connectivity index is 3.09. The van der Waals surface area contributed by atoms with E-state index in [4.69, 9.17) is 6.42 Å². The molecule has 0 radical (unpaired) electrons. The Bertz CT molecular complexity index is 398. The maximum atomic E-state index is 13.0. The van der Waals surface area contributed by atoms with Gasteiger partial charge in [-0.25, -0.2) is 0 Å². The van der Waals surface area contributed by atoms with Crippen LogP contribution in [0.3, 0.4) is 0 Å². The van der Waals surface area contributed by atoms with Crippen molar-refractivity contribution in [3.63, 3.8) is 0 Å². The van der Waals surface area contributed by atoms with Crippen molar-refractivity contribution in [3.8, 4) is 12.3 Å². The van der Waals surface area contributed by atoms with Crippen molar-refractivity contribution in [2.24, 2.45) is 0 Å². The maximum absolute atomic E-state index is 13.0. The Kier molecular flexibility index (Phi) is 3.02. The van der Waals surface area contributed by atoms with E-state index in [9.17, 15) is 14.5 Å². The van der Waals surface area contributed by atoms with Crippen LogP contribution in [-0.4, -0.2) is 11.5 Å². The number of terminal acetylenes is 1. The van der Waals surface area contributed by atoms with Crippen LogP contribution in [0.15, 0.2) is 18.2 Å². The van der Waals surface area contributed by atoms with Crippen LogP contribution in [0.2, 0.25) is 0 Å². The van der Waals surface area contributed by atoms with Crippen LogP contribution in [-0.2, 0) is 0 Å². The van der Waals surface area contributed by atoms with Gasteiger partial charge in [-0.1, -0.05) is 12.0 Å². The number of nitro benzene ring substituents is 1. The summed E-state index contributed by atoms with van der Waals surface area (Å²) in [5.41, 5.74) is -0.490. The van der Waals surface area contributed by atoms with Gasteiger partial charge in [-0.3, -0.25) is 10.1 Å². The van der Waals surface area contributed by atoms with Crippen LogP contribution in [0, 0.1) is 28.3 Å². The van der Waals surface area contributed by atoms with Gasteiger partial charge in [0.15, 0.2) is 0 Å². The molecular weight excluding hydrogens is 187 g/mol. The summed E-state index contributed by atoms with van der Waals surface area (Å²) in [4.78, 5) is 9.70. The average molecular weight is 194 g/mol. The topological polar surface area (TPSA) is 55.2 Å². The molecule has 5 heteroatoms. The number of para-hydroxylation sites is 1. The first-order valence-electron chi connectivity index (χ1n) is 3.77. The fourth-order valence-electron chi connectivity index (χ4n) is 0.990. The Labute approximate surface area is 79.9 Å². The molecule has 72 valence electrons.